The monoisotopic (exact) mass is 1370 g/mol. The molecule has 2 fully saturated rings. The molecule has 2 saturated heterocycles. The summed E-state index contributed by atoms with van der Waals surface area (Å²) in [4.78, 5) is 107. The molecule has 0 saturated carbocycles. The van der Waals surface area contributed by atoms with Crippen LogP contribution in [0.5, 0.6) is 0 Å². The van der Waals surface area contributed by atoms with Crippen LogP contribution in [-0.2, 0) is 46.4 Å². The summed E-state index contributed by atoms with van der Waals surface area (Å²) in [7, 11) is 0. The number of alkyl carbamates (subject to hydrolysis) is 2. The van der Waals surface area contributed by atoms with E-state index in [1.54, 1.807) is 64.1 Å². The van der Waals surface area contributed by atoms with Crippen molar-refractivity contribution in [3.05, 3.63) is 151 Å². The van der Waals surface area contributed by atoms with Gasteiger partial charge in [-0.1, -0.05) is 197 Å². The van der Waals surface area contributed by atoms with Gasteiger partial charge in [0, 0.05) is 40.1 Å². The minimum Gasteiger partial charge on any atom is -0.465 e. The number of benzene rings is 4. The normalized spacial score (nSPS) is 17.5. The Hall–Kier alpha value is -8.18. The van der Waals surface area contributed by atoms with Gasteiger partial charge in [0.25, 0.3) is 11.8 Å². The number of aromatic nitrogens is 2. The molecule has 4 aromatic carbocycles. The number of hydrogen-bond acceptors (Lipinski definition) is 15. The summed E-state index contributed by atoms with van der Waals surface area (Å²) in [6.07, 6.45) is -1.82. The minimum absolute atomic E-state index is 0.0632. The van der Waals surface area contributed by atoms with Gasteiger partial charge in [-0.3, -0.25) is 19.2 Å². The van der Waals surface area contributed by atoms with Crippen molar-refractivity contribution >= 4 is 94.2 Å². The Bertz CT molecular complexity index is 3640. The van der Waals surface area contributed by atoms with Crippen molar-refractivity contribution in [2.45, 2.75) is 163 Å². The topological polar surface area (TPSA) is 291 Å². The van der Waals surface area contributed by atoms with Gasteiger partial charge in [0.15, 0.2) is 0 Å². The predicted octanol–water partition coefficient (Wildman–Crippen LogP) is 14.0. The fourth-order valence-electron chi connectivity index (χ4n) is 11.3. The number of carboxylic acid groups (broad SMARTS) is 1. The summed E-state index contributed by atoms with van der Waals surface area (Å²) in [5, 5.41) is 30.5. The smallest absolute Gasteiger partial charge is 0.410 e. The molecule has 6 amide bonds. The molecule has 4 heterocycles. The summed E-state index contributed by atoms with van der Waals surface area (Å²) in [5.41, 5.74) is 3.00. The van der Waals surface area contributed by atoms with Crippen molar-refractivity contribution in [1.29, 1.82) is 0 Å². The van der Waals surface area contributed by atoms with Gasteiger partial charge in [-0.25, -0.2) is 19.2 Å². The molecule has 94 heavy (non-hydrogen) atoms. The van der Waals surface area contributed by atoms with Gasteiger partial charge in [0.05, 0.1) is 50.8 Å². The largest absolute Gasteiger partial charge is 0.465 e. The van der Waals surface area contributed by atoms with Crippen LogP contribution in [0.15, 0.2) is 106 Å². The third-order valence-electron chi connectivity index (χ3n) is 17.0. The highest BCUT2D eigenvalue weighted by Gasteiger charge is 2.53. The average molecular weight is 1380 g/mol. The zero-order valence-corrected chi connectivity index (χ0v) is 57.1. The zero-order valence-electron chi connectivity index (χ0n) is 54.1. The number of carbonyl (C=O) groups excluding carboxylic acids is 7. The first-order valence-corrected chi connectivity index (χ1v) is 32.5. The van der Waals surface area contributed by atoms with Gasteiger partial charge in [-0.15, -0.1) is 0 Å². The number of carbonyl (C=O) groups is 8. The number of ether oxygens (including phenoxy) is 3. The lowest BCUT2D eigenvalue weighted by Gasteiger charge is -2.33. The van der Waals surface area contributed by atoms with E-state index in [-0.39, 0.29) is 45.5 Å². The zero-order chi connectivity index (χ0) is 68.8. The van der Waals surface area contributed by atoms with Crippen molar-refractivity contribution in [1.82, 2.24) is 41.4 Å². The maximum absolute atomic E-state index is 13.3. The lowest BCUT2D eigenvalue weighted by molar-refractivity contribution is -0.139. The molecule has 2 aliphatic heterocycles. The van der Waals surface area contributed by atoms with Crippen LogP contribution in [0.3, 0.4) is 0 Å². The molecule has 5 N–H and O–H groups in total. The van der Waals surface area contributed by atoms with Crippen LogP contribution in [0.4, 0.5) is 19.2 Å². The van der Waals surface area contributed by atoms with E-state index in [2.05, 4.69) is 31.6 Å². The fourth-order valence-corrected chi connectivity index (χ4v) is 12.4. The predicted molar refractivity (Wildman–Crippen MR) is 354 cm³/mol. The fraction of sp³-hybridized carbons (Fsp3) is 0.441. The summed E-state index contributed by atoms with van der Waals surface area (Å²) in [6, 6.07) is 24.9. The van der Waals surface area contributed by atoms with Crippen LogP contribution < -0.4 is 21.3 Å². The van der Waals surface area contributed by atoms with Crippen molar-refractivity contribution in [3.63, 3.8) is 0 Å². The van der Waals surface area contributed by atoms with Crippen molar-refractivity contribution < 1.29 is 66.7 Å². The maximum atomic E-state index is 13.3. The van der Waals surface area contributed by atoms with E-state index in [1.807, 2.05) is 102 Å². The van der Waals surface area contributed by atoms with E-state index in [1.165, 1.54) is 9.80 Å². The Balaban J connectivity index is 0.000000266. The molecule has 8 rings (SSSR count). The molecule has 2 unspecified atom stereocenters. The number of hydrogen-bond donors (Lipinski definition) is 5. The second-order valence-electron chi connectivity index (χ2n) is 24.6. The van der Waals surface area contributed by atoms with Gasteiger partial charge in [-0.2, -0.15) is 0 Å². The molecule has 2 aliphatic rings. The van der Waals surface area contributed by atoms with E-state index in [9.17, 15) is 43.5 Å². The molecule has 0 bridgehead atoms. The lowest BCUT2D eigenvalue weighted by atomic mass is 9.79. The number of aryl methyl sites for hydroxylation is 2. The Labute approximate surface area is 566 Å². The summed E-state index contributed by atoms with van der Waals surface area (Å²) in [5.74, 6) is -2.24. The van der Waals surface area contributed by atoms with Gasteiger partial charge >= 0.3 is 24.4 Å². The van der Waals surface area contributed by atoms with Crippen molar-refractivity contribution in [3.8, 4) is 22.5 Å². The molecular weight excluding hydrogens is 1290 g/mol. The second-order valence-corrected chi connectivity index (χ2v) is 26.3. The Morgan fingerprint density at radius 1 is 0.606 bits per heavy atom. The quantitative estimate of drug-likeness (QED) is 0.0278. The van der Waals surface area contributed by atoms with E-state index >= 15 is 0 Å². The molecular formula is C68H80Cl4N8O14. The Kier molecular flexibility index (Phi) is 25.5. The summed E-state index contributed by atoms with van der Waals surface area (Å²) >= 11 is 25.7. The first-order chi connectivity index (χ1) is 44.6. The SMILES string of the molecule is CCCC[C@H](NC(=O)OC1CN(C(=O)OCc2c(-c3c(Cl)cccc3Cl)noc2C)CC1(C)C)C(=O)C(=O)N[C@H](C)c1ccccc1.CCCC[C@H](NC(=O)O[C@@H]1CN(C(=O)O)C(Cc2c(-c3c(Cl)cccc3Cl)noc2C)C1(C)C)C(=O)C(=O)N[C@H](C)c1ccccc1. The molecule has 0 radical (unpaired) electrons. The number of nitrogens with one attached hydrogen (secondary N) is 4. The maximum Gasteiger partial charge on any atom is 0.410 e. The first-order valence-electron chi connectivity index (χ1n) is 31.0. The molecule has 2 aromatic heterocycles. The molecule has 26 heteroatoms. The van der Waals surface area contributed by atoms with E-state index in [0.717, 1.165) is 24.0 Å². The number of Topliss-reactive ketones (excluding diaryl/α,β-unsaturated/α-hetero) is 2. The van der Waals surface area contributed by atoms with Crippen LogP contribution in [-0.4, -0.2) is 123 Å². The average Bonchev–Trinajstić information content (AvgIpc) is 1.60. The highest BCUT2D eigenvalue weighted by Crippen LogP contribution is 2.44. The molecule has 22 nitrogen and oxygen atoms in total. The van der Waals surface area contributed by atoms with Gasteiger partial charge in [0.1, 0.15) is 53.8 Å². The highest BCUT2D eigenvalue weighted by atomic mass is 35.5. The summed E-state index contributed by atoms with van der Waals surface area (Å²) in [6.45, 7) is 18.2. The number of rotatable bonds is 24. The second kappa shape index (κ2) is 32.8. The van der Waals surface area contributed by atoms with Crippen LogP contribution in [0.2, 0.25) is 20.1 Å². The van der Waals surface area contributed by atoms with E-state index in [4.69, 9.17) is 69.7 Å². The van der Waals surface area contributed by atoms with Crippen molar-refractivity contribution in [2.75, 3.05) is 19.6 Å². The van der Waals surface area contributed by atoms with E-state index in [0.29, 0.717) is 78.1 Å². The van der Waals surface area contributed by atoms with Crippen LogP contribution >= 0.6 is 46.4 Å². The summed E-state index contributed by atoms with van der Waals surface area (Å²) < 4.78 is 28.0. The highest BCUT2D eigenvalue weighted by molar-refractivity contribution is 6.40. The molecule has 0 spiro atoms. The van der Waals surface area contributed by atoms with Crippen molar-refractivity contribution in [2.24, 2.45) is 10.8 Å². The number of likely N-dealkylation sites (tertiary alicyclic amines) is 2. The number of halogens is 4. The molecule has 0 aliphatic carbocycles. The Morgan fingerprint density at radius 2 is 1.03 bits per heavy atom. The standard InChI is InChI=1S/2C34H40Cl2N4O7/c1-6-7-16-26(30(41)31(42)37-20(2)22-12-9-8-10-13-22)38-32(43)46-27-17-40(19-34(27,4)5)33(44)45-18-23-21(3)47-39-29(23)28-24(35)14-11-15-25(28)36;1-6-7-16-25(30(41)31(42)37-19(2)21-12-9-8-10-13-21)38-32(43)46-27-18-40(33(44)45)26(34(27,4)5)17-22-20(3)47-39-29(22)28-23(35)14-11-15-24(28)36/h8-15,20,26-27H,6-7,16-19H2,1-5H3,(H,37,42)(H,38,43);8-15,19,25-27H,6-7,16-18H2,1-5H3,(H,37,42)(H,38,43)(H,44,45)/t20-,26+,27?;19-,25+,26?,27-/m11/s1. The third kappa shape index (κ3) is 18.2. The first kappa shape index (κ1) is 73.2. The van der Waals surface area contributed by atoms with E-state index < -0.39 is 101 Å². The van der Waals surface area contributed by atoms with Gasteiger partial charge < -0.3 is 59.4 Å². The Morgan fingerprint density at radius 3 is 1.47 bits per heavy atom. The van der Waals surface area contributed by atoms with Gasteiger partial charge in [0.2, 0.25) is 11.6 Å². The number of unbranched alkanes of at least 4 members (excludes halogenated alkanes) is 2. The molecule has 504 valence electrons. The van der Waals surface area contributed by atoms with Gasteiger partial charge in [-0.05, 0) is 82.3 Å². The molecule has 6 aromatic rings. The number of ketones is 2. The third-order valence-corrected chi connectivity index (χ3v) is 18.3. The number of amides is 6. The lowest BCUT2D eigenvalue weighted by Crippen LogP contribution is -2.49. The molecule has 7 atom stereocenters. The van der Waals surface area contributed by atoms with Crippen LogP contribution in [0.25, 0.3) is 22.5 Å². The van der Waals surface area contributed by atoms with Crippen LogP contribution in [0, 0.1) is 24.7 Å². The minimum atomic E-state index is -1.19. The van der Waals surface area contributed by atoms with Crippen LogP contribution in [0.1, 0.15) is 140 Å². The number of nitrogens with zero attached hydrogens (tertiary/aromatic N) is 4.